The van der Waals surface area contributed by atoms with E-state index in [-0.39, 0.29) is 16.8 Å². The topological polar surface area (TPSA) is 119 Å². The van der Waals surface area contributed by atoms with Gasteiger partial charge in [-0.25, -0.2) is 0 Å². The highest BCUT2D eigenvalue weighted by Crippen LogP contribution is 2.42. The molecule has 0 radical (unpaired) electrons. The Morgan fingerprint density at radius 3 is 1.91 bits per heavy atom. The van der Waals surface area contributed by atoms with Crippen LogP contribution in [0.5, 0.6) is 11.5 Å². The Kier molecular flexibility index (Phi) is 6.01. The fourth-order valence-corrected chi connectivity index (χ4v) is 3.84. The van der Waals surface area contributed by atoms with Crippen LogP contribution in [0.4, 0.5) is 11.4 Å². The lowest BCUT2D eigenvalue weighted by atomic mass is 9.95. The van der Waals surface area contributed by atoms with Gasteiger partial charge in [0, 0.05) is 23.4 Å². The summed E-state index contributed by atoms with van der Waals surface area (Å²) in [6, 6.07) is 17.6. The molecule has 172 valence electrons. The van der Waals surface area contributed by atoms with Crippen molar-refractivity contribution in [3.8, 4) is 11.5 Å². The Balaban J connectivity index is 1.88. The summed E-state index contributed by atoms with van der Waals surface area (Å²) < 4.78 is 10.4. The molecule has 9 heteroatoms. The maximum atomic E-state index is 13.1. The molecule has 0 spiro atoms. The second-order valence-corrected chi connectivity index (χ2v) is 7.44. The number of nitro benzene ring substituents is 1. The number of rotatable bonds is 6. The summed E-state index contributed by atoms with van der Waals surface area (Å²) in [4.78, 5) is 38.0. The number of hydrogen-bond acceptors (Lipinski definition) is 7. The summed E-state index contributed by atoms with van der Waals surface area (Å²) >= 11 is 0. The van der Waals surface area contributed by atoms with Gasteiger partial charge in [-0.2, -0.15) is 0 Å². The van der Waals surface area contributed by atoms with Gasteiger partial charge in [0.05, 0.1) is 30.8 Å². The minimum absolute atomic E-state index is 0.125. The van der Waals surface area contributed by atoms with Crippen LogP contribution in [-0.2, 0) is 9.59 Å². The zero-order valence-electron chi connectivity index (χ0n) is 18.3. The summed E-state index contributed by atoms with van der Waals surface area (Å²) in [6.45, 7) is 0. The lowest BCUT2D eigenvalue weighted by Gasteiger charge is -2.25. The first kappa shape index (κ1) is 22.5. The van der Waals surface area contributed by atoms with Crippen LogP contribution in [0.3, 0.4) is 0 Å². The van der Waals surface area contributed by atoms with E-state index < -0.39 is 28.4 Å². The van der Waals surface area contributed by atoms with E-state index in [2.05, 4.69) is 0 Å². The van der Waals surface area contributed by atoms with E-state index in [1.54, 1.807) is 48.5 Å². The number of ether oxygens (including phenoxy) is 2. The number of carbonyl (C=O) groups is 2. The normalized spacial score (nSPS) is 17.0. The van der Waals surface area contributed by atoms with Gasteiger partial charge < -0.3 is 14.6 Å². The first-order valence-corrected chi connectivity index (χ1v) is 10.2. The van der Waals surface area contributed by atoms with Crippen molar-refractivity contribution < 1.29 is 29.1 Å². The third-order valence-corrected chi connectivity index (χ3v) is 5.58. The van der Waals surface area contributed by atoms with Crippen LogP contribution in [-0.4, -0.2) is 35.9 Å². The molecular formula is C25H20N2O7. The maximum Gasteiger partial charge on any atom is 0.300 e. The monoisotopic (exact) mass is 460 g/mol. The Morgan fingerprint density at radius 2 is 1.41 bits per heavy atom. The number of amides is 1. The molecule has 0 aromatic heterocycles. The highest BCUT2D eigenvalue weighted by atomic mass is 16.6. The first-order valence-electron chi connectivity index (χ1n) is 10.2. The average molecular weight is 460 g/mol. The zero-order chi connectivity index (χ0) is 24.4. The van der Waals surface area contributed by atoms with Gasteiger partial charge >= 0.3 is 0 Å². The van der Waals surface area contributed by atoms with Crippen LogP contribution in [0.1, 0.15) is 17.2 Å². The highest BCUT2D eigenvalue weighted by Gasteiger charge is 2.47. The molecule has 1 fully saturated rings. The molecule has 1 saturated heterocycles. The fraction of sp³-hybridized carbons (Fsp3) is 0.120. The van der Waals surface area contributed by atoms with E-state index in [0.29, 0.717) is 22.7 Å². The molecule has 0 bridgehead atoms. The van der Waals surface area contributed by atoms with E-state index in [1.165, 1.54) is 43.4 Å². The molecule has 1 aliphatic rings. The van der Waals surface area contributed by atoms with Crippen molar-refractivity contribution in [2.24, 2.45) is 0 Å². The summed E-state index contributed by atoms with van der Waals surface area (Å²) in [5.74, 6) is -0.945. The molecule has 34 heavy (non-hydrogen) atoms. The zero-order valence-corrected chi connectivity index (χ0v) is 18.3. The minimum Gasteiger partial charge on any atom is -0.507 e. The first-order chi connectivity index (χ1) is 16.3. The van der Waals surface area contributed by atoms with Crippen molar-refractivity contribution in [2.75, 3.05) is 19.1 Å². The molecule has 0 unspecified atom stereocenters. The van der Waals surface area contributed by atoms with Crippen molar-refractivity contribution in [3.05, 3.63) is 99.6 Å². The molecule has 1 heterocycles. The SMILES string of the molecule is COc1ccc([C@H]2/C(=C(\O)c3ccc([N+](=O)[O-])cc3)C(=O)C(=O)N2c2ccc(OC)cc2)cc1. The number of benzene rings is 3. The summed E-state index contributed by atoms with van der Waals surface area (Å²) in [7, 11) is 3.04. The molecule has 0 saturated carbocycles. The number of methoxy groups -OCH3 is 2. The highest BCUT2D eigenvalue weighted by molar-refractivity contribution is 6.51. The molecule has 4 rings (SSSR count). The van der Waals surface area contributed by atoms with Crippen LogP contribution < -0.4 is 14.4 Å². The number of aliphatic hydroxyl groups excluding tert-OH is 1. The van der Waals surface area contributed by atoms with Crippen molar-refractivity contribution in [1.29, 1.82) is 0 Å². The molecular weight excluding hydrogens is 440 g/mol. The molecule has 1 aliphatic heterocycles. The number of nitrogens with zero attached hydrogens (tertiary/aromatic N) is 2. The Hall–Kier alpha value is -4.66. The maximum absolute atomic E-state index is 13.1. The van der Waals surface area contributed by atoms with E-state index in [9.17, 15) is 24.8 Å². The summed E-state index contributed by atoms with van der Waals surface area (Å²) in [5, 5.41) is 22.1. The number of anilines is 1. The molecule has 0 aliphatic carbocycles. The van der Waals surface area contributed by atoms with Gasteiger partial charge in [0.25, 0.3) is 17.4 Å². The van der Waals surface area contributed by atoms with Crippen LogP contribution >= 0.6 is 0 Å². The van der Waals surface area contributed by atoms with Gasteiger partial charge in [-0.15, -0.1) is 0 Å². The van der Waals surface area contributed by atoms with Gasteiger partial charge in [0.15, 0.2) is 0 Å². The molecule has 3 aromatic rings. The quantitative estimate of drug-likeness (QED) is 0.192. The summed E-state index contributed by atoms with van der Waals surface area (Å²) in [6.07, 6.45) is 0. The third-order valence-electron chi connectivity index (χ3n) is 5.58. The Morgan fingerprint density at radius 1 is 0.882 bits per heavy atom. The van der Waals surface area contributed by atoms with Gasteiger partial charge in [0.2, 0.25) is 0 Å². The van der Waals surface area contributed by atoms with Crippen LogP contribution in [0.2, 0.25) is 0 Å². The predicted octanol–water partition coefficient (Wildman–Crippen LogP) is 4.24. The van der Waals surface area contributed by atoms with Gasteiger partial charge in [-0.3, -0.25) is 24.6 Å². The van der Waals surface area contributed by atoms with Crippen molar-refractivity contribution in [3.63, 3.8) is 0 Å². The van der Waals surface area contributed by atoms with Crippen LogP contribution in [0.15, 0.2) is 78.4 Å². The Bertz CT molecular complexity index is 1280. The molecule has 1 amide bonds. The summed E-state index contributed by atoms with van der Waals surface area (Å²) in [5.41, 5.74) is 0.893. The molecule has 1 N–H and O–H groups in total. The van der Waals surface area contributed by atoms with Gasteiger partial charge in [-0.05, 0) is 54.1 Å². The van der Waals surface area contributed by atoms with Crippen LogP contribution in [0, 0.1) is 10.1 Å². The largest absolute Gasteiger partial charge is 0.507 e. The fourth-order valence-electron chi connectivity index (χ4n) is 3.84. The van der Waals surface area contributed by atoms with Crippen molar-refractivity contribution >= 4 is 28.8 Å². The average Bonchev–Trinajstić information content (AvgIpc) is 3.14. The number of nitro groups is 1. The van der Waals surface area contributed by atoms with Gasteiger partial charge in [0.1, 0.15) is 17.3 Å². The standard InChI is InChI=1S/C25H20N2O7/c1-33-19-11-5-15(6-12-19)22-21(23(28)16-3-7-18(8-4-16)27(31)32)24(29)25(30)26(22)17-9-13-20(34-2)14-10-17/h3-14,22,28H,1-2H3/b23-21+/t22-/m0/s1. The van der Waals surface area contributed by atoms with E-state index in [0.717, 1.165) is 0 Å². The number of carbonyl (C=O) groups excluding carboxylic acids is 2. The van der Waals surface area contributed by atoms with Gasteiger partial charge in [-0.1, -0.05) is 12.1 Å². The molecule has 1 atom stereocenters. The number of non-ortho nitro benzene ring substituents is 1. The van der Waals surface area contributed by atoms with E-state index in [1.807, 2.05) is 0 Å². The smallest absolute Gasteiger partial charge is 0.300 e. The minimum atomic E-state index is -0.936. The Labute approximate surface area is 194 Å². The molecule has 3 aromatic carbocycles. The number of aliphatic hydroxyl groups is 1. The second-order valence-electron chi connectivity index (χ2n) is 7.44. The lowest BCUT2D eigenvalue weighted by molar-refractivity contribution is -0.384. The number of Topliss-reactive ketones (excluding diaryl/α,β-unsaturated/α-hetero) is 1. The second kappa shape index (κ2) is 9.07. The van der Waals surface area contributed by atoms with E-state index in [4.69, 9.17) is 9.47 Å². The van der Waals surface area contributed by atoms with Crippen LogP contribution in [0.25, 0.3) is 5.76 Å². The van der Waals surface area contributed by atoms with E-state index >= 15 is 0 Å². The number of hydrogen-bond donors (Lipinski definition) is 1. The lowest BCUT2D eigenvalue weighted by Crippen LogP contribution is -2.29. The predicted molar refractivity (Wildman–Crippen MR) is 124 cm³/mol. The van der Waals surface area contributed by atoms with Crippen molar-refractivity contribution in [1.82, 2.24) is 0 Å². The third kappa shape index (κ3) is 3.95. The van der Waals surface area contributed by atoms with Crippen molar-refractivity contribution in [2.45, 2.75) is 6.04 Å². The number of ketones is 1. The molecule has 9 nitrogen and oxygen atoms in total.